The first-order valence-electron chi connectivity index (χ1n) is 8.15. The van der Waals surface area contributed by atoms with Crippen LogP contribution in [-0.4, -0.2) is 108 Å². The Morgan fingerprint density at radius 3 is 2.23 bits per heavy atom. The summed E-state index contributed by atoms with van der Waals surface area (Å²) < 4.78 is 15.9. The first-order chi connectivity index (χ1) is 12.1. The van der Waals surface area contributed by atoms with Crippen LogP contribution in [0.2, 0.25) is 0 Å². The molecule has 1 saturated carbocycles. The number of ether oxygens (including phenoxy) is 3. The molecule has 2 fully saturated rings. The minimum absolute atomic E-state index is 0.668. The average Bonchev–Trinajstić information content (AvgIpc) is 2.73. The third kappa shape index (κ3) is 2.76. The summed E-state index contributed by atoms with van der Waals surface area (Å²) >= 11 is 0. The number of hydrogen-bond acceptors (Lipinski definition) is 11. The molecule has 0 radical (unpaired) electrons. The summed E-state index contributed by atoms with van der Waals surface area (Å²) in [4.78, 5) is 0. The van der Waals surface area contributed by atoms with Crippen LogP contribution in [0, 0.1) is 5.92 Å². The molecular formula is C15H24O11. The van der Waals surface area contributed by atoms with Gasteiger partial charge in [-0.3, -0.25) is 0 Å². The molecule has 8 N–H and O–H groups in total. The van der Waals surface area contributed by atoms with Crippen LogP contribution < -0.4 is 0 Å². The van der Waals surface area contributed by atoms with Crippen LogP contribution in [0.5, 0.6) is 0 Å². The molecule has 0 spiro atoms. The van der Waals surface area contributed by atoms with E-state index >= 15 is 0 Å². The number of rotatable bonds is 3. The molecule has 2 heterocycles. The van der Waals surface area contributed by atoms with Crippen molar-refractivity contribution in [2.24, 2.45) is 5.92 Å². The second-order valence-corrected chi connectivity index (χ2v) is 7.12. The van der Waals surface area contributed by atoms with Crippen LogP contribution in [0.15, 0.2) is 12.3 Å². The number of hydrogen-bond donors (Lipinski definition) is 8. The Labute approximate surface area is 148 Å². The van der Waals surface area contributed by atoms with Gasteiger partial charge < -0.3 is 55.1 Å². The lowest BCUT2D eigenvalue weighted by molar-refractivity contribution is -0.352. The Balaban J connectivity index is 1.85. The van der Waals surface area contributed by atoms with E-state index in [2.05, 4.69) is 0 Å². The van der Waals surface area contributed by atoms with Crippen molar-refractivity contribution in [3.63, 3.8) is 0 Å². The standard InChI is InChI=1S/C15H24O11/c1-14(22)9-13(24-3-2-15(9,23)11(21)10(14)20)26-12-8(19)7(18)6(17)5(4-16)25-12/h2-3,5-13,16-23H,4H2,1H3/t5-,6-,7+,8-,9-,10+,11-,12+,13+,14+,15+/m1/s1. The first kappa shape index (κ1) is 19.9. The maximum Gasteiger partial charge on any atom is 0.210 e. The molecule has 11 nitrogen and oxygen atoms in total. The minimum Gasteiger partial charge on any atom is -0.472 e. The van der Waals surface area contributed by atoms with Crippen molar-refractivity contribution < 1.29 is 55.1 Å². The van der Waals surface area contributed by atoms with Crippen molar-refractivity contribution in [2.45, 2.75) is 67.3 Å². The summed E-state index contributed by atoms with van der Waals surface area (Å²) in [6, 6.07) is 0. The largest absolute Gasteiger partial charge is 0.472 e. The monoisotopic (exact) mass is 380 g/mol. The lowest BCUT2D eigenvalue weighted by Crippen LogP contribution is -2.62. The van der Waals surface area contributed by atoms with Gasteiger partial charge in [0.1, 0.15) is 47.8 Å². The molecule has 1 saturated heterocycles. The van der Waals surface area contributed by atoms with Gasteiger partial charge in [-0.25, -0.2) is 0 Å². The highest BCUT2D eigenvalue weighted by Gasteiger charge is 2.69. The molecule has 2 aliphatic heterocycles. The van der Waals surface area contributed by atoms with Crippen LogP contribution >= 0.6 is 0 Å². The Bertz CT molecular complexity index is 552. The minimum atomic E-state index is -2.08. The van der Waals surface area contributed by atoms with Gasteiger partial charge in [-0.15, -0.1) is 0 Å². The van der Waals surface area contributed by atoms with E-state index in [0.717, 1.165) is 12.3 Å². The van der Waals surface area contributed by atoms with E-state index in [4.69, 9.17) is 14.2 Å². The van der Waals surface area contributed by atoms with Crippen molar-refractivity contribution >= 4 is 0 Å². The predicted octanol–water partition coefficient (Wildman–Crippen LogP) is -4.49. The molecule has 0 aromatic heterocycles. The zero-order valence-electron chi connectivity index (χ0n) is 13.9. The normalized spacial score (nSPS) is 56.9. The van der Waals surface area contributed by atoms with E-state index in [0.29, 0.717) is 0 Å². The topological polar surface area (TPSA) is 190 Å². The molecule has 0 bridgehead atoms. The Kier molecular flexibility index (Phi) is 5.08. The van der Waals surface area contributed by atoms with E-state index in [9.17, 15) is 40.9 Å². The van der Waals surface area contributed by atoms with Crippen LogP contribution in [0.3, 0.4) is 0 Å². The zero-order valence-corrected chi connectivity index (χ0v) is 13.9. The molecule has 3 aliphatic rings. The summed E-state index contributed by atoms with van der Waals surface area (Å²) in [7, 11) is 0. The van der Waals surface area contributed by atoms with Gasteiger partial charge in [-0.1, -0.05) is 0 Å². The molecule has 1 aliphatic carbocycles. The van der Waals surface area contributed by atoms with Gasteiger partial charge in [-0.2, -0.15) is 0 Å². The maximum absolute atomic E-state index is 10.7. The second kappa shape index (κ2) is 6.63. The van der Waals surface area contributed by atoms with Crippen LogP contribution in [0.1, 0.15) is 6.92 Å². The van der Waals surface area contributed by atoms with Gasteiger partial charge in [-0.05, 0) is 13.0 Å². The maximum atomic E-state index is 10.7. The lowest BCUT2D eigenvalue weighted by atomic mass is 9.81. The van der Waals surface area contributed by atoms with Gasteiger partial charge >= 0.3 is 0 Å². The predicted molar refractivity (Wildman–Crippen MR) is 79.9 cm³/mol. The number of fused-ring (bicyclic) bond motifs is 1. The molecular weight excluding hydrogens is 356 g/mol. The summed E-state index contributed by atoms with van der Waals surface area (Å²) in [5.41, 5.74) is -4.11. The van der Waals surface area contributed by atoms with Crippen LogP contribution in [-0.2, 0) is 14.2 Å². The summed E-state index contributed by atoms with van der Waals surface area (Å²) in [5, 5.41) is 80.3. The fourth-order valence-corrected chi connectivity index (χ4v) is 3.83. The molecule has 150 valence electrons. The van der Waals surface area contributed by atoms with Crippen molar-refractivity contribution in [3.05, 3.63) is 12.3 Å². The van der Waals surface area contributed by atoms with E-state index in [1.807, 2.05) is 0 Å². The van der Waals surface area contributed by atoms with Gasteiger partial charge in [0.05, 0.1) is 18.8 Å². The number of aliphatic hydroxyl groups excluding tert-OH is 6. The third-order valence-electron chi connectivity index (χ3n) is 5.44. The summed E-state index contributed by atoms with van der Waals surface area (Å²) in [6.45, 7) is 0.508. The van der Waals surface area contributed by atoms with Gasteiger partial charge in [0.2, 0.25) is 6.29 Å². The van der Waals surface area contributed by atoms with E-state index in [-0.39, 0.29) is 0 Å². The SMILES string of the molecule is C[C@]1(O)[C@H]2[C@H](O[C@@H]3O[C@H](CO)[C@@H](O)[C@H](O)[C@H]3O)OC=C[C@@]2(O)[C@H](O)[C@@H]1O. The van der Waals surface area contributed by atoms with Crippen molar-refractivity contribution in [1.82, 2.24) is 0 Å². The molecule has 0 aromatic rings. The molecule has 3 rings (SSSR count). The average molecular weight is 380 g/mol. The smallest absolute Gasteiger partial charge is 0.210 e. The molecule has 0 unspecified atom stereocenters. The molecule has 26 heavy (non-hydrogen) atoms. The van der Waals surface area contributed by atoms with Gasteiger partial charge in [0, 0.05) is 0 Å². The summed E-state index contributed by atoms with van der Waals surface area (Å²) in [6.07, 6.45) is -10.7. The van der Waals surface area contributed by atoms with E-state index in [1.165, 1.54) is 6.92 Å². The Morgan fingerprint density at radius 1 is 0.962 bits per heavy atom. The zero-order chi connectivity index (χ0) is 19.4. The van der Waals surface area contributed by atoms with Gasteiger partial charge in [0.15, 0.2) is 6.29 Å². The quantitative estimate of drug-likeness (QED) is 0.235. The van der Waals surface area contributed by atoms with Crippen molar-refractivity contribution in [2.75, 3.05) is 6.61 Å². The lowest BCUT2D eigenvalue weighted by Gasteiger charge is -2.45. The number of aliphatic hydroxyl groups is 8. The fraction of sp³-hybridized carbons (Fsp3) is 0.867. The van der Waals surface area contributed by atoms with Crippen LogP contribution in [0.4, 0.5) is 0 Å². The molecule has 0 amide bonds. The fourth-order valence-electron chi connectivity index (χ4n) is 3.83. The van der Waals surface area contributed by atoms with Crippen LogP contribution in [0.25, 0.3) is 0 Å². The highest BCUT2D eigenvalue weighted by Crippen LogP contribution is 2.49. The highest BCUT2D eigenvalue weighted by atomic mass is 16.8. The van der Waals surface area contributed by atoms with E-state index < -0.39 is 72.9 Å². The molecule has 11 atom stereocenters. The highest BCUT2D eigenvalue weighted by molar-refractivity contribution is 5.24. The van der Waals surface area contributed by atoms with E-state index in [1.54, 1.807) is 0 Å². The Hall–Kier alpha value is -0.860. The van der Waals surface area contributed by atoms with Crippen molar-refractivity contribution in [1.29, 1.82) is 0 Å². The molecule has 11 heteroatoms. The second-order valence-electron chi connectivity index (χ2n) is 7.12. The Morgan fingerprint density at radius 2 is 1.62 bits per heavy atom. The molecule has 0 aromatic carbocycles. The third-order valence-corrected chi connectivity index (χ3v) is 5.44. The summed E-state index contributed by atoms with van der Waals surface area (Å²) in [5.74, 6) is -1.38. The van der Waals surface area contributed by atoms with Crippen molar-refractivity contribution in [3.8, 4) is 0 Å². The van der Waals surface area contributed by atoms with Gasteiger partial charge in [0.25, 0.3) is 0 Å². The first-order valence-corrected chi connectivity index (χ1v) is 8.15.